The van der Waals surface area contributed by atoms with Gasteiger partial charge >= 0.3 is 0 Å². The number of piperazine rings is 1. The van der Waals surface area contributed by atoms with Crippen molar-refractivity contribution in [2.45, 2.75) is 44.9 Å². The van der Waals surface area contributed by atoms with Gasteiger partial charge in [-0.3, -0.25) is 4.79 Å². The maximum Gasteiger partial charge on any atom is 0.251 e. The molecule has 2 saturated heterocycles. The number of rotatable bonds is 6. The summed E-state index contributed by atoms with van der Waals surface area (Å²) in [5.41, 5.74) is 1.66. The average Bonchev–Trinajstić information content (AvgIpc) is 3.15. The van der Waals surface area contributed by atoms with E-state index in [9.17, 15) is 4.79 Å². The maximum atomic E-state index is 12.4. The fourth-order valence-corrected chi connectivity index (χ4v) is 4.96. The lowest BCUT2D eigenvalue weighted by Gasteiger charge is -2.35. The first-order valence-corrected chi connectivity index (χ1v) is 10.2. The first kappa shape index (κ1) is 17.7. The van der Waals surface area contributed by atoms with Crippen LogP contribution in [-0.2, 0) is 4.74 Å². The molecule has 2 fully saturated rings. The molecular weight excluding hydrogens is 348 g/mol. The van der Waals surface area contributed by atoms with Crippen molar-refractivity contribution >= 4 is 32.6 Å². The van der Waals surface area contributed by atoms with Crippen LogP contribution in [0.2, 0.25) is 0 Å². The fourth-order valence-electron chi connectivity index (χ4n) is 3.82. The quantitative estimate of drug-likeness (QED) is 0.760. The van der Waals surface area contributed by atoms with Crippen LogP contribution in [-0.4, -0.2) is 55.3 Å². The van der Waals surface area contributed by atoms with Gasteiger partial charge in [-0.05, 0) is 44.9 Å². The summed E-state index contributed by atoms with van der Waals surface area (Å²) >= 11 is 1.70. The fraction of sp³-hybridized carbons (Fsp3) is 0.579. The number of carbonyl (C=O) groups excluding carboxylic acids is 1. The Morgan fingerprint density at radius 2 is 2.15 bits per heavy atom. The minimum Gasteiger partial charge on any atom is -0.377 e. The van der Waals surface area contributed by atoms with Crippen molar-refractivity contribution in [2.24, 2.45) is 0 Å². The van der Waals surface area contributed by atoms with E-state index in [1.54, 1.807) is 11.3 Å². The molecule has 1 amide bonds. The number of aromatic nitrogens is 1. The van der Waals surface area contributed by atoms with Gasteiger partial charge in [0.1, 0.15) is 0 Å². The van der Waals surface area contributed by atoms with E-state index in [1.807, 2.05) is 32.0 Å². The summed E-state index contributed by atoms with van der Waals surface area (Å²) in [6.45, 7) is 7.11. The largest absolute Gasteiger partial charge is 0.377 e. The topological polar surface area (TPSA) is 66.5 Å². The van der Waals surface area contributed by atoms with Crippen LogP contribution in [0.3, 0.4) is 0 Å². The van der Waals surface area contributed by atoms with Crippen molar-refractivity contribution < 1.29 is 9.53 Å². The summed E-state index contributed by atoms with van der Waals surface area (Å²) in [5, 5.41) is 7.52. The summed E-state index contributed by atoms with van der Waals surface area (Å²) in [7, 11) is 0. The highest BCUT2D eigenvalue weighted by Gasteiger charge is 2.38. The first-order valence-electron chi connectivity index (χ1n) is 9.41. The predicted octanol–water partition coefficient (Wildman–Crippen LogP) is 2.39. The predicted molar refractivity (Wildman–Crippen MR) is 105 cm³/mol. The van der Waals surface area contributed by atoms with Gasteiger partial charge in [0, 0.05) is 37.3 Å². The molecule has 2 N–H and O–H groups in total. The summed E-state index contributed by atoms with van der Waals surface area (Å²) in [6.07, 6.45) is 2.65. The monoisotopic (exact) mass is 374 g/mol. The number of hydrogen-bond donors (Lipinski definition) is 2. The molecule has 2 unspecified atom stereocenters. The lowest BCUT2D eigenvalue weighted by Crippen LogP contribution is -2.51. The van der Waals surface area contributed by atoms with Crippen molar-refractivity contribution in [3.63, 3.8) is 0 Å². The average molecular weight is 375 g/mol. The number of hydrogen-bond acceptors (Lipinski definition) is 6. The summed E-state index contributed by atoms with van der Waals surface area (Å²) in [6, 6.07) is 6.88. The second kappa shape index (κ2) is 7.50. The Bertz CT molecular complexity index is 775. The van der Waals surface area contributed by atoms with Gasteiger partial charge in [0.25, 0.3) is 5.91 Å². The molecule has 2 aliphatic rings. The van der Waals surface area contributed by atoms with E-state index in [-0.39, 0.29) is 12.0 Å². The van der Waals surface area contributed by atoms with Crippen LogP contribution in [0.4, 0.5) is 5.13 Å². The van der Waals surface area contributed by atoms with Crippen molar-refractivity contribution in [1.29, 1.82) is 0 Å². The molecule has 4 rings (SSSR count). The molecule has 140 valence electrons. The van der Waals surface area contributed by atoms with Crippen LogP contribution in [0.1, 0.15) is 37.0 Å². The van der Waals surface area contributed by atoms with Crippen LogP contribution < -0.4 is 15.5 Å². The molecule has 1 aromatic carbocycles. The van der Waals surface area contributed by atoms with Gasteiger partial charge in [0.2, 0.25) is 0 Å². The van der Waals surface area contributed by atoms with Gasteiger partial charge in [-0.15, -0.1) is 0 Å². The third-order valence-corrected chi connectivity index (χ3v) is 6.11. The Morgan fingerprint density at radius 3 is 2.88 bits per heavy atom. The number of ether oxygens (including phenoxy) is 1. The Morgan fingerprint density at radius 1 is 1.38 bits per heavy atom. The molecule has 2 aliphatic heterocycles. The number of anilines is 1. The SMILES string of the molecule is CC(C)OCCNC(=O)c1ccc2nc(N3C4CCC3CNC4)sc2c1. The number of thiazole rings is 1. The van der Waals surface area contributed by atoms with E-state index < -0.39 is 0 Å². The standard InChI is InChI=1S/C19H26N4O2S/c1-12(2)25-8-7-21-18(24)13-3-6-16-17(9-13)26-19(22-16)23-14-4-5-15(23)11-20-10-14/h3,6,9,12,14-15,20H,4-5,7-8,10-11H2,1-2H3,(H,21,24). The van der Waals surface area contributed by atoms with E-state index >= 15 is 0 Å². The van der Waals surface area contributed by atoms with Crippen LogP contribution in [0.15, 0.2) is 18.2 Å². The highest BCUT2D eigenvalue weighted by molar-refractivity contribution is 7.22. The zero-order valence-corrected chi connectivity index (χ0v) is 16.1. The summed E-state index contributed by atoms with van der Waals surface area (Å²) in [4.78, 5) is 19.7. The lowest BCUT2D eigenvalue weighted by atomic mass is 10.2. The van der Waals surface area contributed by atoms with Crippen LogP contribution in [0.5, 0.6) is 0 Å². The van der Waals surface area contributed by atoms with Gasteiger partial charge < -0.3 is 20.3 Å². The lowest BCUT2D eigenvalue weighted by molar-refractivity contribution is 0.0746. The van der Waals surface area contributed by atoms with Gasteiger partial charge in [0.15, 0.2) is 5.13 Å². The second-order valence-corrected chi connectivity index (χ2v) is 8.31. The molecule has 1 aromatic heterocycles. The number of benzene rings is 1. The van der Waals surface area contributed by atoms with Crippen LogP contribution in [0, 0.1) is 0 Å². The number of fused-ring (bicyclic) bond motifs is 3. The van der Waals surface area contributed by atoms with E-state index in [2.05, 4.69) is 15.5 Å². The Hall–Kier alpha value is -1.70. The number of carbonyl (C=O) groups is 1. The van der Waals surface area contributed by atoms with Gasteiger partial charge in [0.05, 0.1) is 22.9 Å². The van der Waals surface area contributed by atoms with Crippen molar-refractivity contribution in [2.75, 3.05) is 31.1 Å². The van der Waals surface area contributed by atoms with E-state index in [4.69, 9.17) is 9.72 Å². The highest BCUT2D eigenvalue weighted by Crippen LogP contribution is 2.37. The van der Waals surface area contributed by atoms with E-state index in [0.29, 0.717) is 30.8 Å². The summed E-state index contributed by atoms with van der Waals surface area (Å²) in [5.74, 6) is -0.0588. The normalized spacial score (nSPS) is 22.3. The molecule has 0 saturated carbocycles. The first-order chi connectivity index (χ1) is 12.6. The highest BCUT2D eigenvalue weighted by atomic mass is 32.1. The van der Waals surface area contributed by atoms with Gasteiger partial charge in [-0.1, -0.05) is 11.3 Å². The van der Waals surface area contributed by atoms with Crippen molar-refractivity contribution in [1.82, 2.24) is 15.6 Å². The molecule has 0 radical (unpaired) electrons. The molecule has 3 heterocycles. The Balaban J connectivity index is 1.47. The molecule has 7 heteroatoms. The Labute approximate surface area is 157 Å². The smallest absolute Gasteiger partial charge is 0.251 e. The van der Waals surface area contributed by atoms with Crippen molar-refractivity contribution in [3.05, 3.63) is 23.8 Å². The van der Waals surface area contributed by atoms with Crippen LogP contribution >= 0.6 is 11.3 Å². The number of amides is 1. The summed E-state index contributed by atoms with van der Waals surface area (Å²) < 4.78 is 6.53. The zero-order valence-electron chi connectivity index (χ0n) is 15.3. The minimum atomic E-state index is -0.0588. The third kappa shape index (κ3) is 3.56. The van der Waals surface area contributed by atoms with Gasteiger partial charge in [-0.2, -0.15) is 0 Å². The molecule has 0 aliphatic carbocycles. The van der Waals surface area contributed by atoms with Crippen LogP contribution in [0.25, 0.3) is 10.2 Å². The second-order valence-electron chi connectivity index (χ2n) is 7.30. The molecule has 6 nitrogen and oxygen atoms in total. The zero-order chi connectivity index (χ0) is 18.1. The molecule has 2 bridgehead atoms. The maximum absolute atomic E-state index is 12.4. The molecule has 0 spiro atoms. The van der Waals surface area contributed by atoms with Crippen molar-refractivity contribution in [3.8, 4) is 0 Å². The molecule has 2 atom stereocenters. The minimum absolute atomic E-state index is 0.0588. The van der Waals surface area contributed by atoms with E-state index in [0.717, 1.165) is 28.4 Å². The molecule has 2 aromatic rings. The van der Waals surface area contributed by atoms with Gasteiger partial charge in [-0.25, -0.2) is 4.98 Å². The molecular formula is C19H26N4O2S. The Kier molecular flexibility index (Phi) is 5.11. The van der Waals surface area contributed by atoms with E-state index in [1.165, 1.54) is 12.8 Å². The molecule has 26 heavy (non-hydrogen) atoms. The number of nitrogens with zero attached hydrogens (tertiary/aromatic N) is 2. The number of nitrogens with one attached hydrogen (secondary N) is 2. The third-order valence-electron chi connectivity index (χ3n) is 5.08.